The SMILES string of the molecule is [N-]=[N+]=CS(=O)(=O)C=[N+]=[N-]. The molecule has 0 aromatic heterocycles. The van der Waals surface area contributed by atoms with Crippen LogP contribution in [0.1, 0.15) is 0 Å². The van der Waals surface area contributed by atoms with E-state index >= 15 is 0 Å². The molecule has 48 valence electrons. The second kappa shape index (κ2) is 2.88. The predicted octanol–water partition coefficient (Wildman–Crippen LogP) is -1.08. The van der Waals surface area contributed by atoms with E-state index in [9.17, 15) is 8.42 Å². The molecule has 0 aliphatic carbocycles. The Balaban J connectivity index is 4.84. The van der Waals surface area contributed by atoms with Gasteiger partial charge in [0.1, 0.15) is 0 Å². The van der Waals surface area contributed by atoms with Crippen molar-refractivity contribution in [2.75, 3.05) is 0 Å². The molecular formula is C2H2N4O2S. The average Bonchev–Trinajstić information content (AvgIpc) is 1.64. The van der Waals surface area contributed by atoms with Gasteiger partial charge in [0.15, 0.2) is 0 Å². The zero-order valence-corrected chi connectivity index (χ0v) is 4.98. The fourth-order valence-electron chi connectivity index (χ4n) is 0.159. The van der Waals surface area contributed by atoms with Crippen molar-refractivity contribution < 1.29 is 18.0 Å². The number of rotatable bonds is 2. The summed E-state index contributed by atoms with van der Waals surface area (Å²) in [6, 6.07) is 0. The van der Waals surface area contributed by atoms with Gasteiger partial charge < -0.3 is 11.1 Å². The van der Waals surface area contributed by atoms with E-state index in [0.29, 0.717) is 0 Å². The third-order valence-corrected chi connectivity index (χ3v) is 1.16. The Morgan fingerprint density at radius 3 is 1.67 bits per heavy atom. The number of hydrogen-bond donors (Lipinski definition) is 0. The Morgan fingerprint density at radius 1 is 1.11 bits per heavy atom. The van der Waals surface area contributed by atoms with E-state index in [1.165, 1.54) is 0 Å². The molecule has 9 heavy (non-hydrogen) atoms. The first-order valence-electron chi connectivity index (χ1n) is 1.72. The minimum atomic E-state index is -3.77. The van der Waals surface area contributed by atoms with Gasteiger partial charge in [-0.2, -0.15) is 9.58 Å². The average molecular weight is 146 g/mol. The lowest BCUT2D eigenvalue weighted by atomic mass is 11.7. The molecule has 0 unspecified atom stereocenters. The van der Waals surface area contributed by atoms with Gasteiger partial charge in [-0.15, -0.1) is 0 Å². The van der Waals surface area contributed by atoms with Gasteiger partial charge in [0.25, 0.3) is 0 Å². The minimum Gasteiger partial charge on any atom is -0.361 e. The second-order valence-corrected chi connectivity index (χ2v) is 2.63. The fraction of sp³-hybridized carbons (Fsp3) is 0. The summed E-state index contributed by atoms with van der Waals surface area (Å²) in [5.74, 6) is 0. The monoisotopic (exact) mass is 146 g/mol. The van der Waals surface area contributed by atoms with Crippen LogP contribution in [-0.2, 0) is 9.84 Å². The van der Waals surface area contributed by atoms with Gasteiger partial charge in [0.2, 0.25) is 0 Å². The highest BCUT2D eigenvalue weighted by atomic mass is 32.2. The summed E-state index contributed by atoms with van der Waals surface area (Å²) >= 11 is 0. The second-order valence-electron chi connectivity index (χ2n) is 1.03. The lowest BCUT2D eigenvalue weighted by Gasteiger charge is -1.64. The summed E-state index contributed by atoms with van der Waals surface area (Å²) in [7, 11) is -3.77. The molecule has 0 saturated heterocycles. The Labute approximate surface area is 50.9 Å². The molecule has 0 N–H and O–H groups in total. The van der Waals surface area contributed by atoms with E-state index in [0.717, 1.165) is 0 Å². The van der Waals surface area contributed by atoms with Crippen LogP contribution in [0.5, 0.6) is 0 Å². The third-order valence-electron chi connectivity index (χ3n) is 0.388. The van der Waals surface area contributed by atoms with Crippen LogP contribution in [0, 0.1) is 0 Å². The van der Waals surface area contributed by atoms with Crippen LogP contribution < -0.4 is 0 Å². The molecule has 0 heterocycles. The van der Waals surface area contributed by atoms with Crippen LogP contribution in [-0.4, -0.2) is 29.1 Å². The molecule has 0 fully saturated rings. The van der Waals surface area contributed by atoms with Crippen LogP contribution in [0.3, 0.4) is 0 Å². The third kappa shape index (κ3) is 3.31. The topological polar surface area (TPSA) is 107 Å². The van der Waals surface area contributed by atoms with E-state index in [1.54, 1.807) is 0 Å². The van der Waals surface area contributed by atoms with Crippen LogP contribution in [0.4, 0.5) is 0 Å². The predicted molar refractivity (Wildman–Crippen MR) is 28.3 cm³/mol. The van der Waals surface area contributed by atoms with Crippen molar-refractivity contribution in [3.05, 3.63) is 11.1 Å². The standard InChI is InChI=1S/C2H2N4O2S/c3-5-1-9(7,8)2-6-4/h1-2H. The number of hydrogen-bond acceptors (Lipinski definition) is 2. The van der Waals surface area contributed by atoms with E-state index in [-0.39, 0.29) is 11.1 Å². The van der Waals surface area contributed by atoms with Crippen LogP contribution in [0.25, 0.3) is 11.1 Å². The zero-order valence-electron chi connectivity index (χ0n) is 4.17. The molecule has 0 saturated carbocycles. The lowest BCUT2D eigenvalue weighted by molar-refractivity contribution is 0.00476. The van der Waals surface area contributed by atoms with Crippen LogP contribution >= 0.6 is 0 Å². The first-order valence-corrected chi connectivity index (χ1v) is 3.33. The molecular weight excluding hydrogens is 144 g/mol. The molecule has 0 aliphatic heterocycles. The normalized spacial score (nSPS) is 8.89. The van der Waals surface area contributed by atoms with Gasteiger partial charge in [0, 0.05) is 0 Å². The molecule has 0 atom stereocenters. The summed E-state index contributed by atoms with van der Waals surface area (Å²) < 4.78 is 20.4. The van der Waals surface area contributed by atoms with E-state index < -0.39 is 9.84 Å². The molecule has 0 radical (unpaired) electrons. The molecule has 0 aromatic rings. The van der Waals surface area contributed by atoms with Crippen LogP contribution in [0.15, 0.2) is 0 Å². The van der Waals surface area contributed by atoms with Crippen molar-refractivity contribution in [3.63, 3.8) is 0 Å². The number of sulfone groups is 1. The maximum absolute atomic E-state index is 10.2. The Kier molecular flexibility index (Phi) is 2.47. The molecule has 0 aromatic carbocycles. The molecule has 7 heteroatoms. The fourth-order valence-corrected chi connectivity index (χ4v) is 0.476. The highest BCUT2D eigenvalue weighted by Crippen LogP contribution is 1.69. The maximum atomic E-state index is 10.2. The minimum absolute atomic E-state index is 0.243. The summed E-state index contributed by atoms with van der Waals surface area (Å²) in [6.07, 6.45) is 0. The zero-order chi connectivity index (χ0) is 7.33. The molecule has 0 aliphatic rings. The molecule has 0 rings (SSSR count). The quantitative estimate of drug-likeness (QED) is 0.214. The highest BCUT2D eigenvalue weighted by molar-refractivity contribution is 8.15. The van der Waals surface area contributed by atoms with E-state index in [2.05, 4.69) is 9.58 Å². The first-order chi connectivity index (χ1) is 4.12. The largest absolute Gasteiger partial charge is 0.381 e. The maximum Gasteiger partial charge on any atom is 0.381 e. The van der Waals surface area contributed by atoms with Crippen molar-refractivity contribution >= 4 is 20.9 Å². The van der Waals surface area contributed by atoms with Gasteiger partial charge in [-0.25, -0.2) is 8.42 Å². The van der Waals surface area contributed by atoms with Gasteiger partial charge in [-0.3, -0.25) is 0 Å². The van der Waals surface area contributed by atoms with E-state index in [4.69, 9.17) is 11.1 Å². The summed E-state index contributed by atoms with van der Waals surface area (Å²) in [5, 5.41) is 0. The van der Waals surface area contributed by atoms with Crippen molar-refractivity contribution in [1.29, 1.82) is 0 Å². The lowest BCUT2D eigenvalue weighted by Crippen LogP contribution is -2.02. The Hall–Kier alpha value is -1.29. The molecule has 0 spiro atoms. The van der Waals surface area contributed by atoms with Gasteiger partial charge in [-0.05, 0) is 0 Å². The molecule has 0 amide bonds. The van der Waals surface area contributed by atoms with Gasteiger partial charge in [-0.1, -0.05) is 0 Å². The molecule has 0 bridgehead atoms. The van der Waals surface area contributed by atoms with Gasteiger partial charge >= 0.3 is 20.9 Å². The smallest absolute Gasteiger partial charge is 0.361 e. The van der Waals surface area contributed by atoms with Crippen molar-refractivity contribution in [2.45, 2.75) is 0 Å². The summed E-state index contributed by atoms with van der Waals surface area (Å²) in [6.45, 7) is 0. The number of nitrogens with zero attached hydrogens (tertiary/aromatic N) is 4. The first kappa shape index (κ1) is 7.71. The van der Waals surface area contributed by atoms with Crippen LogP contribution in [0.2, 0.25) is 0 Å². The van der Waals surface area contributed by atoms with E-state index in [1.807, 2.05) is 0 Å². The summed E-state index contributed by atoms with van der Waals surface area (Å²) in [4.78, 5) is 4.42. The molecule has 6 nitrogen and oxygen atoms in total. The van der Waals surface area contributed by atoms with Crippen molar-refractivity contribution in [3.8, 4) is 0 Å². The van der Waals surface area contributed by atoms with Crippen molar-refractivity contribution in [1.82, 2.24) is 0 Å². The van der Waals surface area contributed by atoms with Gasteiger partial charge in [0.05, 0.1) is 0 Å². The Morgan fingerprint density at radius 2 is 1.44 bits per heavy atom. The Bertz CT molecular complexity index is 254. The highest BCUT2D eigenvalue weighted by Gasteiger charge is 2.12. The van der Waals surface area contributed by atoms with Crippen molar-refractivity contribution in [2.24, 2.45) is 0 Å². The summed E-state index contributed by atoms with van der Waals surface area (Å²) in [5.41, 5.74) is 15.8.